The number of pyridine rings is 1. The van der Waals surface area contributed by atoms with Crippen molar-refractivity contribution in [2.75, 3.05) is 25.0 Å². The van der Waals surface area contributed by atoms with E-state index in [1.165, 1.54) is 0 Å². The molecule has 1 saturated heterocycles. The third kappa shape index (κ3) is 5.42. The van der Waals surface area contributed by atoms with Crippen molar-refractivity contribution in [1.82, 2.24) is 25.4 Å². The molecule has 0 unspecified atom stereocenters. The van der Waals surface area contributed by atoms with Gasteiger partial charge in [0, 0.05) is 38.4 Å². The van der Waals surface area contributed by atoms with Crippen molar-refractivity contribution < 1.29 is 9.59 Å². The molecule has 2 amide bonds. The first kappa shape index (κ1) is 21.9. The normalized spacial score (nSPS) is 18.3. The summed E-state index contributed by atoms with van der Waals surface area (Å²) in [5, 5.41) is 12.8. The summed E-state index contributed by atoms with van der Waals surface area (Å²) < 4.78 is 1.73. The highest BCUT2D eigenvalue weighted by atomic mass is 35.5. The minimum absolute atomic E-state index is 0. The molecule has 0 spiro atoms. The first-order chi connectivity index (χ1) is 11.6. The van der Waals surface area contributed by atoms with Crippen molar-refractivity contribution in [1.29, 1.82) is 0 Å². The fourth-order valence-corrected chi connectivity index (χ4v) is 2.88. The van der Waals surface area contributed by atoms with Gasteiger partial charge in [0.15, 0.2) is 0 Å². The van der Waals surface area contributed by atoms with Gasteiger partial charge in [-0.2, -0.15) is 5.10 Å². The number of carbonyl (C=O) groups excluding carboxylic acids is 2. The number of aromatic nitrogens is 3. The number of carbonyl (C=O) groups is 2. The van der Waals surface area contributed by atoms with Gasteiger partial charge in [-0.3, -0.25) is 19.3 Å². The topological polar surface area (TPSA) is 101 Å². The van der Waals surface area contributed by atoms with Crippen molar-refractivity contribution in [3.8, 4) is 0 Å². The molecule has 0 saturated carbocycles. The van der Waals surface area contributed by atoms with E-state index in [0.717, 1.165) is 12.1 Å². The number of rotatable bonds is 5. The summed E-state index contributed by atoms with van der Waals surface area (Å²) in [6, 6.07) is 3.48. The lowest BCUT2D eigenvalue weighted by Crippen LogP contribution is -2.39. The molecule has 3 heterocycles. The second-order valence-corrected chi connectivity index (χ2v) is 5.83. The number of nitrogens with zero attached hydrogens (tertiary/aromatic N) is 3. The van der Waals surface area contributed by atoms with Gasteiger partial charge >= 0.3 is 0 Å². The lowest BCUT2D eigenvalue weighted by molar-refractivity contribution is -0.127. The van der Waals surface area contributed by atoms with Crippen LogP contribution in [0.4, 0.5) is 5.69 Å². The van der Waals surface area contributed by atoms with E-state index < -0.39 is 0 Å². The smallest absolute Gasteiger partial charge is 0.243 e. The Hall–Kier alpha value is -2.16. The Morgan fingerprint density at radius 3 is 2.77 bits per heavy atom. The maximum Gasteiger partial charge on any atom is 0.243 e. The van der Waals surface area contributed by atoms with Crippen LogP contribution in [0.5, 0.6) is 0 Å². The predicted octanol–water partition coefficient (Wildman–Crippen LogP) is 0.717. The van der Waals surface area contributed by atoms with E-state index in [1.54, 1.807) is 35.4 Å². The molecule has 26 heavy (non-hydrogen) atoms. The number of halogens is 2. The van der Waals surface area contributed by atoms with Gasteiger partial charge in [0.1, 0.15) is 0 Å². The summed E-state index contributed by atoms with van der Waals surface area (Å²) in [7, 11) is 1.85. The quantitative estimate of drug-likeness (QED) is 0.686. The molecular formula is C16H22Cl2N6O2. The van der Waals surface area contributed by atoms with Crippen molar-refractivity contribution in [3.05, 3.63) is 42.5 Å². The minimum atomic E-state index is -0.278. The van der Waals surface area contributed by atoms with Crippen LogP contribution in [0.3, 0.4) is 0 Å². The molecule has 2 aromatic rings. The molecule has 0 aliphatic carbocycles. The summed E-state index contributed by atoms with van der Waals surface area (Å²) in [5.74, 6) is -0.545. The molecule has 142 valence electrons. The Kier molecular flexibility index (Phi) is 8.50. The summed E-state index contributed by atoms with van der Waals surface area (Å²) in [5.41, 5.74) is 1.63. The van der Waals surface area contributed by atoms with E-state index in [9.17, 15) is 9.59 Å². The van der Waals surface area contributed by atoms with E-state index in [1.807, 2.05) is 13.2 Å². The first-order valence-corrected chi connectivity index (χ1v) is 7.80. The zero-order valence-electron chi connectivity index (χ0n) is 14.2. The monoisotopic (exact) mass is 400 g/mol. The van der Waals surface area contributed by atoms with Gasteiger partial charge in [0.2, 0.25) is 11.8 Å². The van der Waals surface area contributed by atoms with E-state index >= 15 is 0 Å². The molecular weight excluding hydrogens is 379 g/mol. The van der Waals surface area contributed by atoms with E-state index in [4.69, 9.17) is 0 Å². The van der Waals surface area contributed by atoms with Gasteiger partial charge in [-0.25, -0.2) is 0 Å². The van der Waals surface area contributed by atoms with Crippen LogP contribution in [0, 0.1) is 5.92 Å². The molecule has 0 radical (unpaired) electrons. The Morgan fingerprint density at radius 1 is 1.31 bits per heavy atom. The van der Waals surface area contributed by atoms with Crippen LogP contribution < -0.4 is 16.0 Å². The minimum Gasteiger partial charge on any atom is -0.347 e. The van der Waals surface area contributed by atoms with Crippen LogP contribution in [0.1, 0.15) is 11.5 Å². The summed E-state index contributed by atoms with van der Waals surface area (Å²) >= 11 is 0. The van der Waals surface area contributed by atoms with Gasteiger partial charge in [-0.15, -0.1) is 24.8 Å². The number of anilines is 1. The highest BCUT2D eigenvalue weighted by molar-refractivity contribution is 5.94. The van der Waals surface area contributed by atoms with Crippen LogP contribution in [0.15, 0.2) is 36.9 Å². The van der Waals surface area contributed by atoms with Crippen molar-refractivity contribution in [2.45, 2.75) is 5.92 Å². The molecule has 2 aromatic heterocycles. The van der Waals surface area contributed by atoms with Gasteiger partial charge < -0.3 is 16.0 Å². The van der Waals surface area contributed by atoms with Gasteiger partial charge in [0.05, 0.1) is 30.5 Å². The third-order valence-electron chi connectivity index (χ3n) is 4.07. The Balaban J connectivity index is 0.00000169. The second kappa shape index (κ2) is 10.1. The number of aryl methyl sites for hydroxylation is 1. The zero-order valence-corrected chi connectivity index (χ0v) is 15.8. The zero-order chi connectivity index (χ0) is 16.9. The van der Waals surface area contributed by atoms with E-state index in [0.29, 0.717) is 12.2 Å². The predicted molar refractivity (Wildman–Crippen MR) is 103 cm³/mol. The average molecular weight is 401 g/mol. The maximum atomic E-state index is 12.4. The van der Waals surface area contributed by atoms with Gasteiger partial charge in [-0.05, 0) is 17.7 Å². The SMILES string of the molecule is Cl.Cl.Cn1cc([C@H]2CNC[C@@H]2C(=O)NCC(=O)Nc2cccnc2)cn1. The number of nitrogens with one attached hydrogen (secondary N) is 3. The Labute approximate surface area is 164 Å². The van der Waals surface area contributed by atoms with Crippen LogP contribution in [0.2, 0.25) is 0 Å². The van der Waals surface area contributed by atoms with Crippen LogP contribution >= 0.6 is 24.8 Å². The average Bonchev–Trinajstić information content (AvgIpc) is 3.22. The molecule has 1 aliphatic heterocycles. The lowest BCUT2D eigenvalue weighted by Gasteiger charge is -2.16. The Bertz CT molecular complexity index is 725. The standard InChI is InChI=1S/C16H20N6O2.2ClH/c1-22-10-11(5-20-22)13-7-18-8-14(13)16(24)19-9-15(23)21-12-3-2-4-17-6-12;;/h2-6,10,13-14,18H,7-9H2,1H3,(H,19,24)(H,21,23);2*1H/t13-,14+;;/m1../s1. The fraction of sp³-hybridized carbons (Fsp3) is 0.375. The molecule has 1 fully saturated rings. The molecule has 1 aliphatic rings. The summed E-state index contributed by atoms with van der Waals surface area (Å²) in [4.78, 5) is 28.2. The molecule has 0 aromatic carbocycles. The highest BCUT2D eigenvalue weighted by Gasteiger charge is 2.34. The van der Waals surface area contributed by atoms with Gasteiger partial charge in [0.25, 0.3) is 0 Å². The number of hydrogen-bond acceptors (Lipinski definition) is 5. The largest absolute Gasteiger partial charge is 0.347 e. The maximum absolute atomic E-state index is 12.4. The second-order valence-electron chi connectivity index (χ2n) is 5.83. The molecule has 3 N–H and O–H groups in total. The molecule has 0 bridgehead atoms. The van der Waals surface area contributed by atoms with Gasteiger partial charge in [-0.1, -0.05) is 0 Å². The van der Waals surface area contributed by atoms with Crippen molar-refractivity contribution >= 4 is 42.3 Å². The number of amides is 2. The summed E-state index contributed by atoms with van der Waals surface area (Å²) in [6.45, 7) is 1.26. The highest BCUT2D eigenvalue weighted by Crippen LogP contribution is 2.27. The molecule has 10 heteroatoms. The molecule has 8 nitrogen and oxygen atoms in total. The summed E-state index contributed by atoms with van der Waals surface area (Å²) in [6.07, 6.45) is 6.89. The molecule has 2 atom stereocenters. The molecule has 3 rings (SSSR count). The lowest BCUT2D eigenvalue weighted by atomic mass is 9.90. The first-order valence-electron chi connectivity index (χ1n) is 7.80. The number of hydrogen-bond donors (Lipinski definition) is 3. The fourth-order valence-electron chi connectivity index (χ4n) is 2.88. The van der Waals surface area contributed by atoms with Crippen LogP contribution in [-0.2, 0) is 16.6 Å². The third-order valence-corrected chi connectivity index (χ3v) is 4.07. The van der Waals surface area contributed by atoms with Crippen LogP contribution in [0.25, 0.3) is 0 Å². The van der Waals surface area contributed by atoms with Crippen molar-refractivity contribution in [2.24, 2.45) is 13.0 Å². The van der Waals surface area contributed by atoms with Crippen LogP contribution in [-0.4, -0.2) is 46.2 Å². The van der Waals surface area contributed by atoms with E-state index in [2.05, 4.69) is 26.0 Å². The Morgan fingerprint density at radius 2 is 2.12 bits per heavy atom. The van der Waals surface area contributed by atoms with E-state index in [-0.39, 0.29) is 55.0 Å². The van der Waals surface area contributed by atoms with Crippen molar-refractivity contribution in [3.63, 3.8) is 0 Å².